The molecular formula is C17H15ClN4O2S. The van der Waals surface area contributed by atoms with Gasteiger partial charge < -0.3 is 5.32 Å². The highest BCUT2D eigenvalue weighted by Crippen LogP contribution is 2.18. The second kappa shape index (κ2) is 7.67. The summed E-state index contributed by atoms with van der Waals surface area (Å²) in [7, 11) is 0. The van der Waals surface area contributed by atoms with Crippen LogP contribution in [0.25, 0.3) is 10.9 Å². The molecule has 0 aliphatic heterocycles. The lowest BCUT2D eigenvalue weighted by Gasteiger charge is -2.11. The minimum atomic E-state index is -0.232. The number of fused-ring (bicyclic) bond motifs is 1. The topological polar surface area (TPSA) is 76.9 Å². The molecule has 0 aliphatic rings. The van der Waals surface area contributed by atoms with E-state index in [1.807, 2.05) is 19.1 Å². The van der Waals surface area contributed by atoms with Crippen molar-refractivity contribution in [3.8, 4) is 0 Å². The third-order valence-corrected chi connectivity index (χ3v) is 4.67. The molecule has 3 aromatic rings. The van der Waals surface area contributed by atoms with Crippen LogP contribution in [0.3, 0.4) is 0 Å². The molecule has 0 spiro atoms. The minimum Gasteiger partial charge on any atom is -0.310 e. The Balaban J connectivity index is 1.77. The molecule has 25 heavy (non-hydrogen) atoms. The van der Waals surface area contributed by atoms with Gasteiger partial charge in [-0.1, -0.05) is 35.5 Å². The average Bonchev–Trinajstić information content (AvgIpc) is 2.62. The zero-order chi connectivity index (χ0) is 17.8. The Labute approximate surface area is 153 Å². The molecule has 0 fully saturated rings. The molecule has 1 aromatic carbocycles. The minimum absolute atomic E-state index is 0.102. The first-order valence-corrected chi connectivity index (χ1v) is 8.98. The number of anilines is 1. The van der Waals surface area contributed by atoms with Crippen LogP contribution in [-0.2, 0) is 11.3 Å². The first-order chi connectivity index (χ1) is 12.1. The van der Waals surface area contributed by atoms with E-state index in [4.69, 9.17) is 11.6 Å². The second-order valence-corrected chi connectivity index (χ2v) is 6.54. The van der Waals surface area contributed by atoms with Crippen molar-refractivity contribution in [2.75, 3.05) is 11.1 Å². The Kier molecular flexibility index (Phi) is 5.35. The van der Waals surface area contributed by atoms with E-state index in [-0.39, 0.29) is 17.2 Å². The van der Waals surface area contributed by atoms with Crippen LogP contribution in [0, 0.1) is 0 Å². The molecule has 0 bridgehead atoms. The van der Waals surface area contributed by atoms with Crippen molar-refractivity contribution in [2.24, 2.45) is 0 Å². The quantitative estimate of drug-likeness (QED) is 0.548. The fraction of sp³-hybridized carbons (Fsp3) is 0.176. The van der Waals surface area contributed by atoms with Crippen molar-refractivity contribution < 1.29 is 4.79 Å². The molecule has 6 nitrogen and oxygen atoms in total. The summed E-state index contributed by atoms with van der Waals surface area (Å²) in [4.78, 5) is 33.2. The zero-order valence-electron chi connectivity index (χ0n) is 13.4. The van der Waals surface area contributed by atoms with Crippen molar-refractivity contribution in [3.63, 3.8) is 0 Å². The first kappa shape index (κ1) is 17.4. The van der Waals surface area contributed by atoms with Crippen LogP contribution < -0.4 is 10.9 Å². The summed E-state index contributed by atoms with van der Waals surface area (Å²) >= 11 is 6.98. The Hall–Kier alpha value is -2.38. The molecular weight excluding hydrogens is 360 g/mol. The number of nitrogens with zero attached hydrogens (tertiary/aromatic N) is 3. The summed E-state index contributed by atoms with van der Waals surface area (Å²) in [5, 5.41) is 4.28. The van der Waals surface area contributed by atoms with Crippen LogP contribution >= 0.6 is 23.4 Å². The van der Waals surface area contributed by atoms with Crippen LogP contribution in [0.5, 0.6) is 0 Å². The maximum atomic E-state index is 12.5. The van der Waals surface area contributed by atoms with Gasteiger partial charge in [-0.3, -0.25) is 14.2 Å². The molecule has 0 aliphatic carbocycles. The number of carbonyl (C=O) groups excluding carboxylic acids is 1. The van der Waals surface area contributed by atoms with Gasteiger partial charge in [0.05, 0.1) is 21.7 Å². The van der Waals surface area contributed by atoms with Gasteiger partial charge in [0, 0.05) is 12.7 Å². The van der Waals surface area contributed by atoms with Gasteiger partial charge in [-0.2, -0.15) is 0 Å². The fourth-order valence-electron chi connectivity index (χ4n) is 2.30. The summed E-state index contributed by atoms with van der Waals surface area (Å²) in [5.41, 5.74) is 0.523. The molecule has 1 amide bonds. The Bertz CT molecular complexity index is 973. The number of rotatable bonds is 5. The lowest BCUT2D eigenvalue weighted by atomic mass is 10.2. The van der Waals surface area contributed by atoms with E-state index in [1.165, 1.54) is 18.0 Å². The van der Waals surface area contributed by atoms with Gasteiger partial charge in [0.2, 0.25) is 5.91 Å². The predicted molar refractivity (Wildman–Crippen MR) is 100 cm³/mol. The fourth-order valence-corrected chi connectivity index (χ4v) is 3.27. The van der Waals surface area contributed by atoms with E-state index < -0.39 is 0 Å². The van der Waals surface area contributed by atoms with Gasteiger partial charge in [-0.05, 0) is 31.2 Å². The molecule has 0 atom stereocenters. The number of carbonyl (C=O) groups is 1. The van der Waals surface area contributed by atoms with Crippen LogP contribution in [0.15, 0.2) is 52.5 Å². The molecule has 0 saturated carbocycles. The highest BCUT2D eigenvalue weighted by atomic mass is 35.5. The van der Waals surface area contributed by atoms with Crippen LogP contribution in [-0.4, -0.2) is 26.2 Å². The van der Waals surface area contributed by atoms with Gasteiger partial charge in [0.1, 0.15) is 5.82 Å². The third-order valence-electron chi connectivity index (χ3n) is 3.47. The van der Waals surface area contributed by atoms with Gasteiger partial charge in [-0.15, -0.1) is 0 Å². The van der Waals surface area contributed by atoms with E-state index in [0.29, 0.717) is 33.4 Å². The Morgan fingerprint density at radius 1 is 1.28 bits per heavy atom. The van der Waals surface area contributed by atoms with E-state index in [1.54, 1.807) is 28.8 Å². The average molecular weight is 375 g/mol. The molecule has 2 aromatic heterocycles. The maximum Gasteiger partial charge on any atom is 0.262 e. The van der Waals surface area contributed by atoms with Crippen LogP contribution in [0.4, 0.5) is 5.82 Å². The monoisotopic (exact) mass is 374 g/mol. The number of pyridine rings is 1. The molecule has 3 rings (SSSR count). The number of thioether (sulfide) groups is 1. The zero-order valence-corrected chi connectivity index (χ0v) is 15.0. The number of nitrogens with one attached hydrogen (secondary N) is 1. The Morgan fingerprint density at radius 3 is 2.80 bits per heavy atom. The number of aromatic nitrogens is 3. The number of hydrogen-bond acceptors (Lipinski definition) is 5. The molecule has 0 saturated heterocycles. The predicted octanol–water partition coefficient (Wildman–Crippen LogP) is 3.20. The summed E-state index contributed by atoms with van der Waals surface area (Å²) in [6, 6.07) is 10.5. The van der Waals surface area contributed by atoms with Gasteiger partial charge >= 0.3 is 0 Å². The van der Waals surface area contributed by atoms with E-state index >= 15 is 0 Å². The number of benzene rings is 1. The SMILES string of the molecule is CCn1c(SCC(=O)Nc2ccc(Cl)cn2)nc2ccccc2c1=O. The largest absolute Gasteiger partial charge is 0.310 e. The van der Waals surface area contributed by atoms with E-state index in [2.05, 4.69) is 15.3 Å². The smallest absolute Gasteiger partial charge is 0.262 e. The van der Waals surface area contributed by atoms with E-state index in [9.17, 15) is 9.59 Å². The van der Waals surface area contributed by atoms with Crippen molar-refractivity contribution in [1.82, 2.24) is 14.5 Å². The van der Waals surface area contributed by atoms with Crippen molar-refractivity contribution >= 4 is 46.0 Å². The van der Waals surface area contributed by atoms with Crippen LogP contribution in [0.2, 0.25) is 5.02 Å². The summed E-state index contributed by atoms with van der Waals surface area (Å²) < 4.78 is 1.57. The van der Waals surface area contributed by atoms with Crippen LogP contribution in [0.1, 0.15) is 6.92 Å². The molecule has 0 unspecified atom stereocenters. The van der Waals surface area contributed by atoms with Crippen molar-refractivity contribution in [2.45, 2.75) is 18.6 Å². The highest BCUT2D eigenvalue weighted by Gasteiger charge is 2.12. The van der Waals surface area contributed by atoms with Gasteiger partial charge in [0.15, 0.2) is 5.16 Å². The summed E-state index contributed by atoms with van der Waals surface area (Å²) in [6.07, 6.45) is 1.46. The normalized spacial score (nSPS) is 10.8. The third kappa shape index (κ3) is 4.00. The lowest BCUT2D eigenvalue weighted by Crippen LogP contribution is -2.23. The lowest BCUT2D eigenvalue weighted by molar-refractivity contribution is -0.113. The summed E-state index contributed by atoms with van der Waals surface area (Å²) in [5.74, 6) is 0.314. The molecule has 2 heterocycles. The van der Waals surface area contributed by atoms with E-state index in [0.717, 1.165) is 0 Å². The number of para-hydroxylation sites is 1. The molecule has 8 heteroatoms. The highest BCUT2D eigenvalue weighted by molar-refractivity contribution is 7.99. The first-order valence-electron chi connectivity index (χ1n) is 7.62. The standard InChI is InChI=1S/C17H15ClN4O2S/c1-2-22-16(24)12-5-3-4-6-13(12)20-17(22)25-10-15(23)21-14-8-7-11(18)9-19-14/h3-9H,2,10H2,1H3,(H,19,21,23). The van der Waals surface area contributed by atoms with Gasteiger partial charge in [0.25, 0.3) is 5.56 Å². The van der Waals surface area contributed by atoms with Crippen molar-refractivity contribution in [3.05, 3.63) is 58.0 Å². The Morgan fingerprint density at radius 2 is 2.08 bits per heavy atom. The maximum absolute atomic E-state index is 12.5. The number of halogens is 1. The molecule has 128 valence electrons. The number of hydrogen-bond donors (Lipinski definition) is 1. The number of amides is 1. The summed E-state index contributed by atoms with van der Waals surface area (Å²) in [6.45, 7) is 2.36. The van der Waals surface area contributed by atoms with Gasteiger partial charge in [-0.25, -0.2) is 9.97 Å². The molecule has 1 N–H and O–H groups in total. The second-order valence-electron chi connectivity index (χ2n) is 5.16. The van der Waals surface area contributed by atoms with Crippen molar-refractivity contribution in [1.29, 1.82) is 0 Å². The molecule has 0 radical (unpaired) electrons.